The molecule has 122 valence electrons. The SMILES string of the molecule is c1nc2c(c(N3CCN(c4ncnc5[nH]ccc45)CC3)n1)CCC2. The fourth-order valence-corrected chi connectivity index (χ4v) is 3.86. The fraction of sp³-hybridized carbons (Fsp3) is 0.412. The Morgan fingerprint density at radius 3 is 2.46 bits per heavy atom. The van der Waals surface area contributed by atoms with Crippen molar-refractivity contribution < 1.29 is 0 Å². The molecular formula is C17H19N7. The van der Waals surface area contributed by atoms with E-state index in [9.17, 15) is 0 Å². The average Bonchev–Trinajstić information content (AvgIpc) is 3.30. The Morgan fingerprint density at radius 2 is 1.58 bits per heavy atom. The molecule has 4 heterocycles. The first-order chi connectivity index (χ1) is 11.9. The molecule has 1 aliphatic heterocycles. The Balaban J connectivity index is 1.38. The van der Waals surface area contributed by atoms with Crippen molar-refractivity contribution in [3.05, 3.63) is 36.2 Å². The minimum absolute atomic E-state index is 0.899. The van der Waals surface area contributed by atoms with Crippen LogP contribution in [0.5, 0.6) is 0 Å². The number of rotatable bonds is 2. The number of aryl methyl sites for hydroxylation is 1. The highest BCUT2D eigenvalue weighted by Gasteiger charge is 2.25. The summed E-state index contributed by atoms with van der Waals surface area (Å²) in [7, 11) is 0. The Hall–Kier alpha value is -2.70. The van der Waals surface area contributed by atoms with Gasteiger partial charge in [-0.1, -0.05) is 0 Å². The quantitative estimate of drug-likeness (QED) is 0.772. The van der Waals surface area contributed by atoms with Gasteiger partial charge in [-0.3, -0.25) is 0 Å². The molecule has 0 saturated carbocycles. The minimum atomic E-state index is 0.899. The van der Waals surface area contributed by atoms with Gasteiger partial charge in [0.25, 0.3) is 0 Å². The van der Waals surface area contributed by atoms with Gasteiger partial charge in [-0.25, -0.2) is 19.9 Å². The van der Waals surface area contributed by atoms with E-state index >= 15 is 0 Å². The maximum absolute atomic E-state index is 4.58. The van der Waals surface area contributed by atoms with Crippen molar-refractivity contribution >= 4 is 22.7 Å². The maximum Gasteiger partial charge on any atom is 0.142 e. The Labute approximate surface area is 139 Å². The van der Waals surface area contributed by atoms with Crippen molar-refractivity contribution in [2.24, 2.45) is 0 Å². The normalized spacial score (nSPS) is 17.5. The van der Waals surface area contributed by atoms with Gasteiger partial charge in [-0.15, -0.1) is 0 Å². The molecule has 0 radical (unpaired) electrons. The van der Waals surface area contributed by atoms with E-state index < -0.39 is 0 Å². The molecule has 0 spiro atoms. The molecule has 0 amide bonds. The summed E-state index contributed by atoms with van der Waals surface area (Å²) in [6, 6.07) is 2.05. The zero-order chi connectivity index (χ0) is 15.9. The molecule has 1 N–H and O–H groups in total. The molecular weight excluding hydrogens is 302 g/mol. The third-order valence-corrected chi connectivity index (χ3v) is 5.06. The van der Waals surface area contributed by atoms with Crippen molar-refractivity contribution in [2.75, 3.05) is 36.0 Å². The van der Waals surface area contributed by atoms with Gasteiger partial charge in [0.2, 0.25) is 0 Å². The van der Waals surface area contributed by atoms with E-state index in [0.717, 1.165) is 61.7 Å². The molecule has 7 heteroatoms. The van der Waals surface area contributed by atoms with Crippen molar-refractivity contribution in [1.82, 2.24) is 24.9 Å². The van der Waals surface area contributed by atoms with E-state index in [1.807, 2.05) is 12.3 Å². The molecule has 0 atom stereocenters. The molecule has 1 fully saturated rings. The van der Waals surface area contributed by atoms with Crippen LogP contribution in [0.25, 0.3) is 11.0 Å². The largest absolute Gasteiger partial charge is 0.353 e. The van der Waals surface area contributed by atoms with Crippen LogP contribution in [0.3, 0.4) is 0 Å². The smallest absolute Gasteiger partial charge is 0.142 e. The third-order valence-electron chi connectivity index (χ3n) is 5.06. The van der Waals surface area contributed by atoms with E-state index in [0.29, 0.717) is 0 Å². The van der Waals surface area contributed by atoms with Crippen LogP contribution in [0.2, 0.25) is 0 Å². The lowest BCUT2D eigenvalue weighted by Gasteiger charge is -2.36. The number of nitrogens with zero attached hydrogens (tertiary/aromatic N) is 6. The molecule has 24 heavy (non-hydrogen) atoms. The van der Waals surface area contributed by atoms with Crippen LogP contribution in [0.1, 0.15) is 17.7 Å². The Kier molecular flexibility index (Phi) is 3.11. The first kappa shape index (κ1) is 13.7. The van der Waals surface area contributed by atoms with E-state index in [-0.39, 0.29) is 0 Å². The second-order valence-corrected chi connectivity index (χ2v) is 6.39. The molecule has 1 saturated heterocycles. The van der Waals surface area contributed by atoms with Gasteiger partial charge in [-0.2, -0.15) is 0 Å². The number of piperazine rings is 1. The third kappa shape index (κ3) is 2.11. The van der Waals surface area contributed by atoms with Gasteiger partial charge in [-0.05, 0) is 25.3 Å². The van der Waals surface area contributed by atoms with Crippen LogP contribution in [0, 0.1) is 0 Å². The summed E-state index contributed by atoms with van der Waals surface area (Å²) in [4.78, 5) is 25.7. The van der Waals surface area contributed by atoms with Crippen molar-refractivity contribution in [2.45, 2.75) is 19.3 Å². The Morgan fingerprint density at radius 1 is 0.833 bits per heavy atom. The lowest BCUT2D eigenvalue weighted by molar-refractivity contribution is 0.640. The molecule has 0 unspecified atom stereocenters. The molecule has 0 aromatic carbocycles. The number of H-pyrrole nitrogens is 1. The van der Waals surface area contributed by atoms with Crippen molar-refractivity contribution in [3.8, 4) is 0 Å². The first-order valence-electron chi connectivity index (χ1n) is 8.51. The second kappa shape index (κ2) is 5.43. The van der Waals surface area contributed by atoms with Crippen molar-refractivity contribution in [3.63, 3.8) is 0 Å². The molecule has 2 aliphatic rings. The lowest BCUT2D eigenvalue weighted by atomic mass is 10.2. The van der Waals surface area contributed by atoms with E-state index in [1.165, 1.54) is 17.7 Å². The number of fused-ring (bicyclic) bond motifs is 2. The van der Waals surface area contributed by atoms with E-state index in [1.54, 1.807) is 12.7 Å². The van der Waals surface area contributed by atoms with Crippen LogP contribution in [0.15, 0.2) is 24.9 Å². The maximum atomic E-state index is 4.58. The highest BCUT2D eigenvalue weighted by molar-refractivity contribution is 5.87. The molecule has 0 bridgehead atoms. The summed E-state index contributed by atoms with van der Waals surface area (Å²) >= 11 is 0. The molecule has 3 aromatic rings. The van der Waals surface area contributed by atoms with Crippen LogP contribution in [0.4, 0.5) is 11.6 Å². The van der Waals surface area contributed by atoms with Crippen LogP contribution < -0.4 is 9.80 Å². The highest BCUT2D eigenvalue weighted by Crippen LogP contribution is 2.29. The van der Waals surface area contributed by atoms with Gasteiger partial charge in [0.15, 0.2) is 0 Å². The number of hydrogen-bond acceptors (Lipinski definition) is 6. The summed E-state index contributed by atoms with van der Waals surface area (Å²) in [6.07, 6.45) is 8.69. The number of hydrogen-bond donors (Lipinski definition) is 1. The van der Waals surface area contributed by atoms with Gasteiger partial charge in [0.1, 0.15) is 29.9 Å². The standard InChI is InChI=1S/C17H19N7/c1-2-12-14(3-1)19-10-21-16(12)23-6-8-24(9-7-23)17-13-4-5-18-15(13)20-11-22-17/h4-5,10-11H,1-3,6-9H2,(H,18,20,22). The number of nitrogens with one attached hydrogen (secondary N) is 1. The van der Waals surface area contributed by atoms with Crippen LogP contribution >= 0.6 is 0 Å². The molecule has 7 nitrogen and oxygen atoms in total. The highest BCUT2D eigenvalue weighted by atomic mass is 15.3. The van der Waals surface area contributed by atoms with Gasteiger partial charge >= 0.3 is 0 Å². The zero-order valence-electron chi connectivity index (χ0n) is 13.4. The fourth-order valence-electron chi connectivity index (χ4n) is 3.86. The summed E-state index contributed by atoms with van der Waals surface area (Å²) in [5.74, 6) is 2.17. The predicted molar refractivity (Wildman–Crippen MR) is 92.4 cm³/mol. The van der Waals surface area contributed by atoms with Gasteiger partial charge in [0.05, 0.1) is 5.39 Å². The second-order valence-electron chi connectivity index (χ2n) is 6.39. The topological polar surface area (TPSA) is 73.8 Å². The lowest BCUT2D eigenvalue weighted by Crippen LogP contribution is -2.47. The van der Waals surface area contributed by atoms with Crippen LogP contribution in [-0.2, 0) is 12.8 Å². The summed E-state index contributed by atoms with van der Waals surface area (Å²) in [5, 5.41) is 1.09. The molecule has 1 aliphatic carbocycles. The number of aromatic amines is 1. The minimum Gasteiger partial charge on any atom is -0.353 e. The first-order valence-corrected chi connectivity index (χ1v) is 8.51. The van der Waals surface area contributed by atoms with Gasteiger partial charge < -0.3 is 14.8 Å². The summed E-state index contributed by atoms with van der Waals surface area (Å²) < 4.78 is 0. The van der Waals surface area contributed by atoms with Crippen molar-refractivity contribution in [1.29, 1.82) is 0 Å². The Bertz CT molecular complexity index is 880. The van der Waals surface area contributed by atoms with Crippen LogP contribution in [-0.4, -0.2) is 51.1 Å². The monoisotopic (exact) mass is 321 g/mol. The number of anilines is 2. The number of aromatic nitrogens is 5. The van der Waals surface area contributed by atoms with E-state index in [4.69, 9.17) is 0 Å². The molecule has 3 aromatic heterocycles. The zero-order valence-corrected chi connectivity index (χ0v) is 13.4. The molecule has 5 rings (SSSR count). The summed E-state index contributed by atoms with van der Waals surface area (Å²) in [5.41, 5.74) is 3.50. The predicted octanol–water partition coefficient (Wildman–Crippen LogP) is 1.56. The summed E-state index contributed by atoms with van der Waals surface area (Å²) in [6.45, 7) is 3.80. The average molecular weight is 321 g/mol. The van der Waals surface area contributed by atoms with E-state index in [2.05, 4.69) is 34.7 Å². The van der Waals surface area contributed by atoms with Gasteiger partial charge in [0, 0.05) is 43.6 Å².